The molecule has 8 nitrogen and oxygen atoms in total. The molecule has 2 heterocycles. The predicted octanol–water partition coefficient (Wildman–Crippen LogP) is 0.737. The number of aromatic nitrogens is 2. The number of carbonyl (C=O) groups excluding carboxylic acids is 2. The largest absolute Gasteiger partial charge is 0.454 e. The number of likely N-dealkylation sites (tertiary alicyclic amines) is 1. The molecule has 2 atom stereocenters. The number of esters is 1. The molecule has 1 aliphatic rings. The van der Waals surface area contributed by atoms with Crippen LogP contribution in [0, 0.1) is 11.8 Å². The first kappa shape index (κ1) is 18.9. The van der Waals surface area contributed by atoms with Gasteiger partial charge in [-0.1, -0.05) is 26.0 Å². The number of ether oxygens (including phenoxy) is 1. The molecule has 8 heteroatoms. The maximum Gasteiger partial charge on any atom is 0.328 e. The Bertz CT molecular complexity index is 967. The van der Waals surface area contributed by atoms with Crippen LogP contribution in [0.5, 0.6) is 0 Å². The highest BCUT2D eigenvalue weighted by Gasteiger charge is 2.26. The first-order valence-corrected chi connectivity index (χ1v) is 9.00. The van der Waals surface area contributed by atoms with Gasteiger partial charge < -0.3 is 9.64 Å². The minimum Gasteiger partial charge on any atom is -0.454 e. The zero-order chi connectivity index (χ0) is 19.6. The molecule has 0 unspecified atom stereocenters. The normalized spacial score (nSPS) is 19.9. The Morgan fingerprint density at radius 1 is 1.11 bits per heavy atom. The fourth-order valence-electron chi connectivity index (χ4n) is 3.63. The molecule has 1 fully saturated rings. The highest BCUT2D eigenvalue weighted by molar-refractivity contribution is 5.82. The summed E-state index contributed by atoms with van der Waals surface area (Å²) in [5.41, 5.74) is -0.961. The lowest BCUT2D eigenvalue weighted by Crippen LogP contribution is -2.44. The summed E-state index contributed by atoms with van der Waals surface area (Å²) in [6, 6.07) is 6.36. The van der Waals surface area contributed by atoms with Gasteiger partial charge in [-0.3, -0.25) is 24.3 Å². The third-order valence-corrected chi connectivity index (χ3v) is 4.75. The van der Waals surface area contributed by atoms with E-state index in [0.717, 1.165) is 11.1 Å². The number of H-pyrrole nitrogens is 1. The Kier molecular flexibility index (Phi) is 5.43. The zero-order valence-corrected chi connectivity index (χ0v) is 15.4. The number of piperidine rings is 1. The van der Waals surface area contributed by atoms with Crippen LogP contribution in [0.3, 0.4) is 0 Å². The van der Waals surface area contributed by atoms with Gasteiger partial charge in [-0.05, 0) is 30.4 Å². The third kappa shape index (κ3) is 4.27. The van der Waals surface area contributed by atoms with E-state index in [1.807, 2.05) is 0 Å². The molecule has 0 saturated carbocycles. The van der Waals surface area contributed by atoms with E-state index in [1.165, 1.54) is 12.1 Å². The number of aromatic amines is 1. The maximum atomic E-state index is 12.4. The molecular weight excluding hydrogens is 350 g/mol. The summed E-state index contributed by atoms with van der Waals surface area (Å²) in [6.45, 7) is 4.65. The van der Waals surface area contributed by atoms with E-state index in [2.05, 4.69) is 18.9 Å². The topological polar surface area (TPSA) is 101 Å². The molecular formula is C19H23N3O5. The van der Waals surface area contributed by atoms with E-state index in [0.29, 0.717) is 24.9 Å². The average Bonchev–Trinajstić information content (AvgIpc) is 2.63. The lowest BCUT2D eigenvalue weighted by molar-refractivity contribution is -0.153. The Labute approximate surface area is 155 Å². The second-order valence-corrected chi connectivity index (χ2v) is 7.28. The van der Waals surface area contributed by atoms with Crippen molar-refractivity contribution in [2.75, 3.05) is 19.7 Å². The van der Waals surface area contributed by atoms with Crippen molar-refractivity contribution >= 4 is 22.6 Å². The Morgan fingerprint density at radius 3 is 2.41 bits per heavy atom. The van der Waals surface area contributed by atoms with Gasteiger partial charge in [0.25, 0.3) is 17.0 Å². The van der Waals surface area contributed by atoms with Crippen LogP contribution >= 0.6 is 0 Å². The van der Waals surface area contributed by atoms with E-state index < -0.39 is 23.6 Å². The first-order valence-electron chi connectivity index (χ1n) is 9.00. The second-order valence-electron chi connectivity index (χ2n) is 7.28. The number of amides is 1. The summed E-state index contributed by atoms with van der Waals surface area (Å²) in [7, 11) is 0. The van der Waals surface area contributed by atoms with Crippen molar-refractivity contribution in [1.29, 1.82) is 0 Å². The van der Waals surface area contributed by atoms with Crippen LogP contribution in [0.1, 0.15) is 20.3 Å². The Hall–Kier alpha value is -2.90. The smallest absolute Gasteiger partial charge is 0.328 e. The number of hydrogen-bond donors (Lipinski definition) is 1. The van der Waals surface area contributed by atoms with Crippen LogP contribution in [0.25, 0.3) is 10.8 Å². The summed E-state index contributed by atoms with van der Waals surface area (Å²) in [6.07, 6.45) is 1.07. The monoisotopic (exact) mass is 373 g/mol. The van der Waals surface area contributed by atoms with Crippen LogP contribution in [0.15, 0.2) is 33.9 Å². The Balaban J connectivity index is 1.64. The maximum absolute atomic E-state index is 12.4. The van der Waals surface area contributed by atoms with Crippen molar-refractivity contribution in [3.05, 3.63) is 45.0 Å². The zero-order valence-electron chi connectivity index (χ0n) is 15.4. The summed E-state index contributed by atoms with van der Waals surface area (Å²) in [5.74, 6) is -0.181. The summed E-state index contributed by atoms with van der Waals surface area (Å²) in [4.78, 5) is 50.4. The quantitative estimate of drug-likeness (QED) is 0.797. The first-order chi connectivity index (χ1) is 12.8. The minimum atomic E-state index is -0.755. The summed E-state index contributed by atoms with van der Waals surface area (Å²) in [5, 5.41) is 2.85. The average molecular weight is 373 g/mol. The number of rotatable bonds is 4. The summed E-state index contributed by atoms with van der Waals surface area (Å²) >= 11 is 0. The molecule has 1 aliphatic heterocycles. The molecule has 2 aromatic rings. The van der Waals surface area contributed by atoms with Crippen LogP contribution in [-0.2, 0) is 20.9 Å². The number of hydrogen-bond acceptors (Lipinski definition) is 5. The second kappa shape index (κ2) is 7.77. The van der Waals surface area contributed by atoms with Crippen LogP contribution in [-0.4, -0.2) is 46.3 Å². The van der Waals surface area contributed by atoms with Crippen molar-refractivity contribution in [3.63, 3.8) is 0 Å². The van der Waals surface area contributed by atoms with Crippen molar-refractivity contribution in [1.82, 2.24) is 14.7 Å². The molecule has 1 saturated heterocycles. The standard InChI is InChI=1S/C19H23N3O5/c1-12-7-13(2)9-21(8-12)16(23)11-27-17(24)10-22-19(26)15-6-4-3-5-14(15)18(25)20-22/h3-6,12-13H,7-11H2,1-2H3,(H,20,25)/t12-,13-/m1/s1. The van der Waals surface area contributed by atoms with Crippen molar-refractivity contribution in [3.8, 4) is 0 Å². The van der Waals surface area contributed by atoms with Gasteiger partial charge >= 0.3 is 5.97 Å². The third-order valence-electron chi connectivity index (χ3n) is 4.75. The van der Waals surface area contributed by atoms with Gasteiger partial charge in [0.1, 0.15) is 6.54 Å². The van der Waals surface area contributed by atoms with E-state index >= 15 is 0 Å². The van der Waals surface area contributed by atoms with Crippen LogP contribution in [0.2, 0.25) is 0 Å². The van der Waals surface area contributed by atoms with E-state index in [-0.39, 0.29) is 23.3 Å². The number of carbonyl (C=O) groups is 2. The van der Waals surface area contributed by atoms with E-state index in [4.69, 9.17) is 4.74 Å². The molecule has 0 bridgehead atoms. The molecule has 27 heavy (non-hydrogen) atoms. The predicted molar refractivity (Wildman–Crippen MR) is 99.3 cm³/mol. The number of fused-ring (bicyclic) bond motifs is 1. The lowest BCUT2D eigenvalue weighted by atomic mass is 9.92. The minimum absolute atomic E-state index is 0.224. The molecule has 1 amide bonds. The fraction of sp³-hybridized carbons (Fsp3) is 0.474. The van der Waals surface area contributed by atoms with Crippen molar-refractivity contribution in [2.45, 2.75) is 26.8 Å². The van der Waals surface area contributed by atoms with Gasteiger partial charge in [0.05, 0.1) is 10.8 Å². The van der Waals surface area contributed by atoms with E-state index in [9.17, 15) is 19.2 Å². The number of nitrogens with zero attached hydrogens (tertiary/aromatic N) is 2. The SMILES string of the molecule is C[C@@H]1C[C@@H](C)CN(C(=O)COC(=O)Cn2[nH]c(=O)c3ccccc3c2=O)C1. The summed E-state index contributed by atoms with van der Waals surface area (Å²) < 4.78 is 5.93. The van der Waals surface area contributed by atoms with Gasteiger partial charge in [-0.25, -0.2) is 4.68 Å². The molecule has 1 aromatic heterocycles. The molecule has 1 N–H and O–H groups in total. The molecule has 3 rings (SSSR count). The number of nitrogens with one attached hydrogen (secondary N) is 1. The van der Waals surface area contributed by atoms with Gasteiger partial charge in [0, 0.05) is 13.1 Å². The van der Waals surface area contributed by atoms with Gasteiger partial charge in [-0.2, -0.15) is 0 Å². The van der Waals surface area contributed by atoms with Gasteiger partial charge in [0.15, 0.2) is 6.61 Å². The molecule has 0 aliphatic carbocycles. The van der Waals surface area contributed by atoms with Gasteiger partial charge in [0.2, 0.25) is 0 Å². The number of benzene rings is 1. The molecule has 0 radical (unpaired) electrons. The van der Waals surface area contributed by atoms with Crippen molar-refractivity contribution < 1.29 is 14.3 Å². The van der Waals surface area contributed by atoms with Gasteiger partial charge in [-0.15, -0.1) is 0 Å². The van der Waals surface area contributed by atoms with Crippen molar-refractivity contribution in [2.24, 2.45) is 11.8 Å². The molecule has 1 aromatic carbocycles. The van der Waals surface area contributed by atoms with Crippen LogP contribution in [0.4, 0.5) is 0 Å². The molecule has 144 valence electrons. The highest BCUT2D eigenvalue weighted by atomic mass is 16.5. The molecule has 0 spiro atoms. The fourth-order valence-corrected chi connectivity index (χ4v) is 3.63. The highest BCUT2D eigenvalue weighted by Crippen LogP contribution is 2.20. The lowest BCUT2D eigenvalue weighted by Gasteiger charge is -2.34. The van der Waals surface area contributed by atoms with E-state index in [1.54, 1.807) is 17.0 Å². The van der Waals surface area contributed by atoms with Crippen LogP contribution < -0.4 is 11.1 Å². The Morgan fingerprint density at radius 2 is 1.74 bits per heavy atom.